The standard InChI is InChI=1S/C12H8Cl2N2O2/c13-8-1-2-9(14)10(4-8)16-12(18)11-3-7(6-17)5-15-11/h1-6,15H,(H,16,18). The van der Waals surface area contributed by atoms with E-state index in [-0.39, 0.29) is 5.69 Å². The highest BCUT2D eigenvalue weighted by atomic mass is 35.5. The van der Waals surface area contributed by atoms with Crippen molar-refractivity contribution in [3.8, 4) is 0 Å². The Kier molecular flexibility index (Phi) is 3.69. The largest absolute Gasteiger partial charge is 0.356 e. The number of rotatable bonds is 3. The molecule has 0 saturated heterocycles. The molecular formula is C12H8Cl2N2O2. The summed E-state index contributed by atoms with van der Waals surface area (Å²) in [7, 11) is 0. The van der Waals surface area contributed by atoms with E-state index in [1.807, 2.05) is 0 Å². The Morgan fingerprint density at radius 1 is 1.28 bits per heavy atom. The van der Waals surface area contributed by atoms with Crippen LogP contribution in [0.4, 0.5) is 5.69 Å². The van der Waals surface area contributed by atoms with Gasteiger partial charge < -0.3 is 10.3 Å². The van der Waals surface area contributed by atoms with Crippen LogP contribution in [0, 0.1) is 0 Å². The molecule has 0 fully saturated rings. The number of hydrogen-bond donors (Lipinski definition) is 2. The normalized spacial score (nSPS) is 10.1. The van der Waals surface area contributed by atoms with Gasteiger partial charge in [0.1, 0.15) is 5.69 Å². The minimum atomic E-state index is -0.396. The topological polar surface area (TPSA) is 62.0 Å². The lowest BCUT2D eigenvalue weighted by Crippen LogP contribution is -2.12. The molecule has 2 rings (SSSR count). The smallest absolute Gasteiger partial charge is 0.272 e. The summed E-state index contributed by atoms with van der Waals surface area (Å²) in [5.41, 5.74) is 1.09. The van der Waals surface area contributed by atoms with Crippen LogP contribution in [0.1, 0.15) is 20.8 Å². The maximum Gasteiger partial charge on any atom is 0.272 e. The van der Waals surface area contributed by atoms with Crippen molar-refractivity contribution in [3.63, 3.8) is 0 Å². The number of aldehydes is 1. The van der Waals surface area contributed by atoms with E-state index in [2.05, 4.69) is 10.3 Å². The summed E-state index contributed by atoms with van der Waals surface area (Å²) in [6.45, 7) is 0. The van der Waals surface area contributed by atoms with E-state index in [1.165, 1.54) is 12.3 Å². The molecule has 1 aromatic carbocycles. The fourth-order valence-electron chi connectivity index (χ4n) is 1.39. The third-order valence-corrected chi connectivity index (χ3v) is 2.83. The highest BCUT2D eigenvalue weighted by Crippen LogP contribution is 2.25. The maximum atomic E-state index is 11.8. The lowest BCUT2D eigenvalue weighted by molar-refractivity contribution is 0.102. The molecule has 18 heavy (non-hydrogen) atoms. The van der Waals surface area contributed by atoms with Crippen LogP contribution in [0.3, 0.4) is 0 Å². The predicted molar refractivity (Wildman–Crippen MR) is 70.6 cm³/mol. The van der Waals surface area contributed by atoms with Crippen molar-refractivity contribution in [3.05, 3.63) is 51.8 Å². The zero-order chi connectivity index (χ0) is 13.1. The van der Waals surface area contributed by atoms with Crippen LogP contribution in [0.15, 0.2) is 30.5 Å². The van der Waals surface area contributed by atoms with E-state index in [1.54, 1.807) is 18.2 Å². The van der Waals surface area contributed by atoms with Crippen molar-refractivity contribution in [1.82, 2.24) is 4.98 Å². The Bertz CT molecular complexity index is 608. The number of anilines is 1. The number of aromatic amines is 1. The molecule has 1 heterocycles. The second-order valence-corrected chi connectivity index (χ2v) is 4.39. The Morgan fingerprint density at radius 2 is 2.06 bits per heavy atom. The van der Waals surface area contributed by atoms with Crippen LogP contribution in [0.25, 0.3) is 0 Å². The van der Waals surface area contributed by atoms with Gasteiger partial charge in [-0.05, 0) is 24.3 Å². The van der Waals surface area contributed by atoms with E-state index in [0.29, 0.717) is 27.6 Å². The van der Waals surface area contributed by atoms with Crippen molar-refractivity contribution >= 4 is 41.1 Å². The number of aromatic nitrogens is 1. The van der Waals surface area contributed by atoms with Crippen LogP contribution in [-0.2, 0) is 0 Å². The molecule has 4 nitrogen and oxygen atoms in total. The molecule has 2 N–H and O–H groups in total. The van der Waals surface area contributed by atoms with Gasteiger partial charge in [-0.25, -0.2) is 0 Å². The van der Waals surface area contributed by atoms with Gasteiger partial charge >= 0.3 is 0 Å². The molecule has 0 aliphatic carbocycles. The van der Waals surface area contributed by atoms with E-state index in [0.717, 1.165) is 0 Å². The number of carbonyl (C=O) groups excluding carboxylic acids is 2. The lowest BCUT2D eigenvalue weighted by atomic mass is 10.3. The number of carbonyl (C=O) groups is 2. The van der Waals surface area contributed by atoms with E-state index in [4.69, 9.17) is 23.2 Å². The van der Waals surface area contributed by atoms with Gasteiger partial charge in [0.25, 0.3) is 5.91 Å². The van der Waals surface area contributed by atoms with Crippen molar-refractivity contribution in [2.24, 2.45) is 0 Å². The van der Waals surface area contributed by atoms with Crippen molar-refractivity contribution in [2.75, 3.05) is 5.32 Å². The second kappa shape index (κ2) is 5.25. The van der Waals surface area contributed by atoms with Crippen molar-refractivity contribution in [1.29, 1.82) is 0 Å². The summed E-state index contributed by atoms with van der Waals surface area (Å²) < 4.78 is 0. The van der Waals surface area contributed by atoms with Crippen LogP contribution >= 0.6 is 23.2 Å². The summed E-state index contributed by atoms with van der Waals surface area (Å²) in [5.74, 6) is -0.396. The number of benzene rings is 1. The summed E-state index contributed by atoms with van der Waals surface area (Å²) in [4.78, 5) is 25.0. The first-order valence-corrected chi connectivity index (χ1v) is 5.76. The Hall–Kier alpha value is -1.78. The van der Waals surface area contributed by atoms with Gasteiger partial charge in [-0.15, -0.1) is 0 Å². The van der Waals surface area contributed by atoms with Gasteiger partial charge in [-0.2, -0.15) is 0 Å². The maximum absolute atomic E-state index is 11.8. The third kappa shape index (κ3) is 2.72. The lowest BCUT2D eigenvalue weighted by Gasteiger charge is -2.06. The monoisotopic (exact) mass is 282 g/mol. The molecule has 0 aliphatic rings. The highest BCUT2D eigenvalue weighted by molar-refractivity contribution is 6.35. The summed E-state index contributed by atoms with van der Waals surface area (Å²) >= 11 is 11.7. The van der Waals surface area contributed by atoms with Gasteiger partial charge in [0.2, 0.25) is 0 Å². The SMILES string of the molecule is O=Cc1c[nH]c(C(=O)Nc2cc(Cl)ccc2Cl)c1. The number of nitrogens with one attached hydrogen (secondary N) is 2. The Morgan fingerprint density at radius 3 is 2.72 bits per heavy atom. The van der Waals surface area contributed by atoms with Gasteiger partial charge in [-0.1, -0.05) is 23.2 Å². The van der Waals surface area contributed by atoms with Crippen LogP contribution in [-0.4, -0.2) is 17.2 Å². The number of H-pyrrole nitrogens is 1. The molecule has 0 bridgehead atoms. The molecule has 0 radical (unpaired) electrons. The molecule has 92 valence electrons. The Balaban J connectivity index is 2.20. The molecular weight excluding hydrogens is 275 g/mol. The predicted octanol–water partition coefficient (Wildman–Crippen LogP) is 3.39. The molecule has 1 aromatic heterocycles. The number of hydrogen-bond acceptors (Lipinski definition) is 2. The Labute approximate surface area is 113 Å². The van der Waals surface area contributed by atoms with Crippen LogP contribution in [0.5, 0.6) is 0 Å². The number of halogens is 2. The zero-order valence-corrected chi connectivity index (χ0v) is 10.5. The van der Waals surface area contributed by atoms with Crippen molar-refractivity contribution < 1.29 is 9.59 Å². The molecule has 6 heteroatoms. The second-order valence-electron chi connectivity index (χ2n) is 3.54. The molecule has 2 aromatic rings. The third-order valence-electron chi connectivity index (χ3n) is 2.26. The first-order valence-electron chi connectivity index (χ1n) is 5.00. The summed E-state index contributed by atoms with van der Waals surface area (Å²) in [5, 5.41) is 3.45. The highest BCUT2D eigenvalue weighted by Gasteiger charge is 2.10. The molecule has 0 atom stereocenters. The minimum Gasteiger partial charge on any atom is -0.356 e. The van der Waals surface area contributed by atoms with Gasteiger partial charge in [0.15, 0.2) is 6.29 Å². The molecule has 0 unspecified atom stereocenters. The van der Waals surface area contributed by atoms with Crippen molar-refractivity contribution in [2.45, 2.75) is 0 Å². The van der Waals surface area contributed by atoms with Crippen LogP contribution < -0.4 is 5.32 Å². The molecule has 0 saturated carbocycles. The molecule has 1 amide bonds. The zero-order valence-electron chi connectivity index (χ0n) is 9.04. The quantitative estimate of drug-likeness (QED) is 0.848. The van der Waals surface area contributed by atoms with Crippen LogP contribution in [0.2, 0.25) is 10.0 Å². The van der Waals surface area contributed by atoms with Gasteiger partial charge in [0.05, 0.1) is 10.7 Å². The minimum absolute atomic E-state index is 0.271. The first kappa shape index (κ1) is 12.7. The summed E-state index contributed by atoms with van der Waals surface area (Å²) in [6.07, 6.45) is 2.10. The van der Waals surface area contributed by atoms with E-state index < -0.39 is 5.91 Å². The summed E-state index contributed by atoms with van der Waals surface area (Å²) in [6, 6.07) is 6.20. The van der Waals surface area contributed by atoms with E-state index >= 15 is 0 Å². The first-order chi connectivity index (χ1) is 8.60. The fourth-order valence-corrected chi connectivity index (χ4v) is 1.73. The molecule has 0 aliphatic heterocycles. The average molecular weight is 283 g/mol. The van der Waals surface area contributed by atoms with E-state index in [9.17, 15) is 9.59 Å². The fraction of sp³-hybridized carbons (Fsp3) is 0. The van der Waals surface area contributed by atoms with Gasteiger partial charge in [0, 0.05) is 16.8 Å². The molecule has 0 spiro atoms. The van der Waals surface area contributed by atoms with Gasteiger partial charge in [-0.3, -0.25) is 9.59 Å². The number of amides is 1. The average Bonchev–Trinajstić information content (AvgIpc) is 2.82.